The van der Waals surface area contributed by atoms with Gasteiger partial charge in [-0.25, -0.2) is 4.79 Å². The highest BCUT2D eigenvalue weighted by Crippen LogP contribution is 2.18. The lowest BCUT2D eigenvalue weighted by Crippen LogP contribution is -2.45. The van der Waals surface area contributed by atoms with Crippen LogP contribution >= 0.6 is 0 Å². The minimum atomic E-state index is -1.06. The van der Waals surface area contributed by atoms with E-state index >= 15 is 0 Å². The van der Waals surface area contributed by atoms with E-state index in [1.165, 1.54) is 0 Å². The third-order valence-corrected chi connectivity index (χ3v) is 4.53. The number of rotatable bonds is 7. The molecule has 0 aromatic heterocycles. The van der Waals surface area contributed by atoms with E-state index in [9.17, 15) is 24.3 Å². The Morgan fingerprint density at radius 1 is 1.28 bits per heavy atom. The number of aliphatic carboxylic acids is 1. The summed E-state index contributed by atoms with van der Waals surface area (Å²) >= 11 is 0. The van der Waals surface area contributed by atoms with E-state index in [4.69, 9.17) is 0 Å². The molecule has 1 aromatic carbocycles. The van der Waals surface area contributed by atoms with Crippen molar-refractivity contribution in [3.05, 3.63) is 35.4 Å². The fraction of sp³-hybridized carbons (Fsp3) is 0.444. The Balaban J connectivity index is 2.01. The molecule has 0 bridgehead atoms. The molecular formula is C18H22N2O5. The SMILES string of the molecule is CCC(C)C(NC(=O)c1ccc(CC2CC(=O)NC2=O)cc1)C(=O)O. The van der Waals surface area contributed by atoms with Gasteiger partial charge in [0.2, 0.25) is 11.8 Å². The first-order valence-electron chi connectivity index (χ1n) is 8.28. The summed E-state index contributed by atoms with van der Waals surface area (Å²) in [6, 6.07) is 5.67. The molecule has 0 aliphatic carbocycles. The van der Waals surface area contributed by atoms with Crippen molar-refractivity contribution in [3.8, 4) is 0 Å². The second-order valence-electron chi connectivity index (χ2n) is 6.39. The molecule has 1 heterocycles. The maximum absolute atomic E-state index is 12.2. The molecule has 25 heavy (non-hydrogen) atoms. The molecule has 1 saturated heterocycles. The van der Waals surface area contributed by atoms with Gasteiger partial charge in [-0.05, 0) is 30.0 Å². The van der Waals surface area contributed by atoms with Gasteiger partial charge in [-0.2, -0.15) is 0 Å². The number of carboxylic acid groups (broad SMARTS) is 1. The topological polar surface area (TPSA) is 113 Å². The highest BCUT2D eigenvalue weighted by atomic mass is 16.4. The summed E-state index contributed by atoms with van der Waals surface area (Å²) in [5, 5.41) is 14.0. The molecule has 3 unspecified atom stereocenters. The zero-order valence-electron chi connectivity index (χ0n) is 14.2. The lowest BCUT2D eigenvalue weighted by Gasteiger charge is -2.20. The van der Waals surface area contributed by atoms with Gasteiger partial charge < -0.3 is 10.4 Å². The lowest BCUT2D eigenvalue weighted by molar-refractivity contribution is -0.140. The van der Waals surface area contributed by atoms with Crippen LogP contribution in [0.2, 0.25) is 0 Å². The van der Waals surface area contributed by atoms with E-state index < -0.39 is 17.9 Å². The molecule has 0 spiro atoms. The Hall–Kier alpha value is -2.70. The molecule has 3 N–H and O–H groups in total. The standard InChI is InChI=1S/C18H22N2O5/c1-3-10(2)15(18(24)25)20-16(22)12-6-4-11(5-7-12)8-13-9-14(21)19-17(13)23/h4-7,10,13,15H,3,8-9H2,1-2H3,(H,20,22)(H,24,25)(H,19,21,23). The van der Waals surface area contributed by atoms with E-state index in [2.05, 4.69) is 10.6 Å². The number of nitrogens with one attached hydrogen (secondary N) is 2. The average molecular weight is 346 g/mol. The molecule has 3 amide bonds. The summed E-state index contributed by atoms with van der Waals surface area (Å²) in [4.78, 5) is 46.3. The molecule has 0 radical (unpaired) electrons. The van der Waals surface area contributed by atoms with E-state index in [1.54, 1.807) is 31.2 Å². The first kappa shape index (κ1) is 18.6. The maximum Gasteiger partial charge on any atom is 0.326 e. The van der Waals surface area contributed by atoms with E-state index in [0.717, 1.165) is 5.56 Å². The summed E-state index contributed by atoms with van der Waals surface area (Å²) in [6.07, 6.45) is 1.23. The molecule has 1 aliphatic rings. The van der Waals surface area contributed by atoms with Gasteiger partial charge in [-0.15, -0.1) is 0 Å². The first-order chi connectivity index (χ1) is 11.8. The number of hydrogen-bond acceptors (Lipinski definition) is 4. The zero-order valence-corrected chi connectivity index (χ0v) is 14.2. The third kappa shape index (κ3) is 4.65. The van der Waals surface area contributed by atoms with Gasteiger partial charge in [0, 0.05) is 12.0 Å². The number of imide groups is 1. The van der Waals surface area contributed by atoms with Crippen LogP contribution in [-0.4, -0.2) is 34.8 Å². The van der Waals surface area contributed by atoms with Crippen molar-refractivity contribution in [2.45, 2.75) is 39.2 Å². The number of amides is 3. The number of carboxylic acids is 1. The molecule has 2 rings (SSSR count). The second kappa shape index (κ2) is 7.92. The Labute approximate surface area is 145 Å². The summed E-state index contributed by atoms with van der Waals surface area (Å²) in [6.45, 7) is 3.64. The van der Waals surface area contributed by atoms with E-state index in [1.807, 2.05) is 6.92 Å². The van der Waals surface area contributed by atoms with Crippen LogP contribution < -0.4 is 10.6 Å². The van der Waals surface area contributed by atoms with Crippen molar-refractivity contribution in [2.24, 2.45) is 11.8 Å². The molecule has 1 aliphatic heterocycles. The van der Waals surface area contributed by atoms with Crippen LogP contribution in [0.25, 0.3) is 0 Å². The molecule has 0 saturated carbocycles. The van der Waals surface area contributed by atoms with Crippen LogP contribution in [0.3, 0.4) is 0 Å². The lowest BCUT2D eigenvalue weighted by atomic mass is 9.96. The minimum absolute atomic E-state index is 0.177. The van der Waals surface area contributed by atoms with Gasteiger partial charge in [0.05, 0.1) is 5.92 Å². The monoisotopic (exact) mass is 346 g/mol. The molecule has 1 fully saturated rings. The summed E-state index contributed by atoms with van der Waals surface area (Å²) in [5.74, 6) is -2.61. The predicted octanol–water partition coefficient (Wildman–Crippen LogP) is 1.12. The number of carbonyl (C=O) groups excluding carboxylic acids is 3. The number of benzene rings is 1. The second-order valence-corrected chi connectivity index (χ2v) is 6.39. The van der Waals surface area contributed by atoms with Crippen LogP contribution in [-0.2, 0) is 20.8 Å². The number of carbonyl (C=O) groups is 4. The van der Waals surface area contributed by atoms with Gasteiger partial charge in [-0.1, -0.05) is 32.4 Å². The van der Waals surface area contributed by atoms with Crippen molar-refractivity contribution in [1.29, 1.82) is 0 Å². The average Bonchev–Trinajstić information content (AvgIpc) is 2.89. The summed E-state index contributed by atoms with van der Waals surface area (Å²) in [5.41, 5.74) is 1.19. The van der Waals surface area contributed by atoms with Gasteiger partial charge in [0.25, 0.3) is 5.91 Å². The summed E-state index contributed by atoms with van der Waals surface area (Å²) in [7, 11) is 0. The van der Waals surface area contributed by atoms with Crippen LogP contribution in [0.15, 0.2) is 24.3 Å². The van der Waals surface area contributed by atoms with Crippen molar-refractivity contribution >= 4 is 23.7 Å². The highest BCUT2D eigenvalue weighted by Gasteiger charge is 2.30. The van der Waals surface area contributed by atoms with Crippen LogP contribution in [0.4, 0.5) is 0 Å². The smallest absolute Gasteiger partial charge is 0.326 e. The van der Waals surface area contributed by atoms with Gasteiger partial charge in [0.1, 0.15) is 6.04 Å². The van der Waals surface area contributed by atoms with Crippen LogP contribution in [0.5, 0.6) is 0 Å². The Kier molecular flexibility index (Phi) is 5.90. The van der Waals surface area contributed by atoms with Crippen molar-refractivity contribution in [3.63, 3.8) is 0 Å². The molecule has 7 nitrogen and oxygen atoms in total. The fourth-order valence-corrected chi connectivity index (χ4v) is 2.76. The fourth-order valence-electron chi connectivity index (χ4n) is 2.76. The zero-order chi connectivity index (χ0) is 18.6. The Morgan fingerprint density at radius 2 is 1.92 bits per heavy atom. The molecular weight excluding hydrogens is 324 g/mol. The van der Waals surface area contributed by atoms with Crippen molar-refractivity contribution < 1.29 is 24.3 Å². The molecule has 1 aromatic rings. The van der Waals surface area contributed by atoms with Gasteiger partial charge in [0.15, 0.2) is 0 Å². The largest absolute Gasteiger partial charge is 0.480 e. The Morgan fingerprint density at radius 3 is 2.40 bits per heavy atom. The van der Waals surface area contributed by atoms with E-state index in [0.29, 0.717) is 18.4 Å². The Bertz CT molecular complexity index is 683. The predicted molar refractivity (Wildman–Crippen MR) is 89.7 cm³/mol. The molecule has 134 valence electrons. The molecule has 7 heteroatoms. The van der Waals surface area contributed by atoms with Gasteiger partial charge >= 0.3 is 5.97 Å². The minimum Gasteiger partial charge on any atom is -0.480 e. The first-order valence-corrected chi connectivity index (χ1v) is 8.28. The van der Waals surface area contributed by atoms with Crippen LogP contribution in [0, 0.1) is 11.8 Å². The maximum atomic E-state index is 12.2. The van der Waals surface area contributed by atoms with Crippen LogP contribution in [0.1, 0.15) is 42.6 Å². The van der Waals surface area contributed by atoms with Crippen molar-refractivity contribution in [1.82, 2.24) is 10.6 Å². The van der Waals surface area contributed by atoms with E-state index in [-0.39, 0.29) is 30.1 Å². The number of hydrogen-bond donors (Lipinski definition) is 3. The van der Waals surface area contributed by atoms with Gasteiger partial charge in [-0.3, -0.25) is 19.7 Å². The third-order valence-electron chi connectivity index (χ3n) is 4.53. The molecule has 3 atom stereocenters. The highest BCUT2D eigenvalue weighted by molar-refractivity contribution is 6.03. The normalized spacial score (nSPS) is 19.2. The summed E-state index contributed by atoms with van der Waals surface area (Å²) < 4.78 is 0. The quantitative estimate of drug-likeness (QED) is 0.641. The van der Waals surface area contributed by atoms with Crippen molar-refractivity contribution in [2.75, 3.05) is 0 Å².